The number of hydrogen-bond donors (Lipinski definition) is 5. The summed E-state index contributed by atoms with van der Waals surface area (Å²) < 4.78 is 61.5. The number of nitrogens with one attached hydrogen (secondary N) is 4. The van der Waals surface area contributed by atoms with Gasteiger partial charge in [0.15, 0.2) is 5.65 Å². The number of aromatic nitrogens is 2. The molecule has 3 atom stereocenters. The van der Waals surface area contributed by atoms with Crippen molar-refractivity contribution in [2.24, 2.45) is 0 Å². The van der Waals surface area contributed by atoms with Gasteiger partial charge in [0.05, 0.1) is 43.2 Å². The summed E-state index contributed by atoms with van der Waals surface area (Å²) in [5.41, 5.74) is 1.76. The molecule has 5 N–H and O–H groups in total. The number of aliphatic hydroxyl groups is 1. The number of pyridine rings is 1. The number of hydrogen-bond acceptors (Lipinski definition) is 7. The van der Waals surface area contributed by atoms with Crippen molar-refractivity contribution in [3.8, 4) is 17.6 Å². The normalized spacial score (nSPS) is 18.5. The zero-order valence-corrected chi connectivity index (χ0v) is 21.0. The van der Waals surface area contributed by atoms with Crippen molar-refractivity contribution in [2.75, 3.05) is 44.4 Å². The van der Waals surface area contributed by atoms with Crippen LogP contribution in [0.5, 0.6) is 5.75 Å². The molecule has 3 heterocycles. The van der Waals surface area contributed by atoms with E-state index in [9.17, 15) is 22.7 Å². The second-order valence-corrected chi connectivity index (χ2v) is 8.88. The first-order valence-electron chi connectivity index (χ1n) is 12.1. The third-order valence-electron chi connectivity index (χ3n) is 6.25. The summed E-state index contributed by atoms with van der Waals surface area (Å²) in [6.07, 6.45) is -5.68. The number of piperidine rings is 1. The van der Waals surface area contributed by atoms with Gasteiger partial charge < -0.3 is 30.2 Å². The average molecular weight is 535 g/mol. The molecule has 1 aliphatic heterocycles. The van der Waals surface area contributed by atoms with E-state index in [-0.39, 0.29) is 30.1 Å². The molecular formula is C26H30F4N6O2. The Hall–Kier alpha value is -3.53. The van der Waals surface area contributed by atoms with Crippen LogP contribution in [0.4, 0.5) is 28.9 Å². The first-order valence-corrected chi connectivity index (χ1v) is 12.1. The van der Waals surface area contributed by atoms with Gasteiger partial charge in [0.2, 0.25) is 0 Å². The maximum absolute atomic E-state index is 14.4. The minimum Gasteiger partial charge on any atom is -0.495 e. The largest absolute Gasteiger partial charge is 0.495 e. The average Bonchev–Trinajstić information content (AvgIpc) is 3.24. The summed E-state index contributed by atoms with van der Waals surface area (Å²) in [6.45, 7) is 0.929. The van der Waals surface area contributed by atoms with Gasteiger partial charge in [-0.25, -0.2) is 9.37 Å². The minimum atomic E-state index is -4.48. The van der Waals surface area contributed by atoms with Gasteiger partial charge in [-0.3, -0.25) is 5.32 Å². The van der Waals surface area contributed by atoms with Gasteiger partial charge >= 0.3 is 6.18 Å². The Kier molecular flexibility index (Phi) is 8.61. The van der Waals surface area contributed by atoms with E-state index in [1.807, 2.05) is 0 Å². The van der Waals surface area contributed by atoms with Crippen molar-refractivity contribution in [3.05, 3.63) is 53.5 Å². The fraction of sp³-hybridized carbons (Fsp3) is 0.423. The maximum atomic E-state index is 14.4. The lowest BCUT2D eigenvalue weighted by Gasteiger charge is -2.28. The van der Waals surface area contributed by atoms with Gasteiger partial charge in [0.25, 0.3) is 0 Å². The van der Waals surface area contributed by atoms with Crippen molar-refractivity contribution in [2.45, 2.75) is 37.5 Å². The molecule has 204 valence electrons. The van der Waals surface area contributed by atoms with Crippen LogP contribution in [0, 0.1) is 11.8 Å². The number of benzene rings is 1. The number of fused-ring (bicyclic) bond motifs is 1. The van der Waals surface area contributed by atoms with Crippen LogP contribution in [-0.4, -0.2) is 66.7 Å². The molecule has 1 saturated heterocycles. The summed E-state index contributed by atoms with van der Waals surface area (Å²) in [5.74, 6) is 6.11. The summed E-state index contributed by atoms with van der Waals surface area (Å²) in [7, 11) is 3.12. The second-order valence-electron chi connectivity index (χ2n) is 8.88. The first kappa shape index (κ1) is 27.5. The molecule has 4 rings (SSSR count). The summed E-state index contributed by atoms with van der Waals surface area (Å²) in [4.78, 5) is 4.41. The Balaban J connectivity index is 1.61. The van der Waals surface area contributed by atoms with Crippen LogP contribution in [0.1, 0.15) is 29.6 Å². The van der Waals surface area contributed by atoms with E-state index in [2.05, 4.69) is 38.1 Å². The highest BCUT2D eigenvalue weighted by Gasteiger charge is 2.32. The lowest BCUT2D eigenvalue weighted by atomic mass is 10.0. The van der Waals surface area contributed by atoms with E-state index < -0.39 is 31.0 Å². The van der Waals surface area contributed by atoms with E-state index in [1.54, 1.807) is 37.4 Å². The highest BCUT2D eigenvalue weighted by atomic mass is 19.4. The molecule has 0 amide bonds. The number of aliphatic hydroxyl groups excluding tert-OH is 1. The van der Waals surface area contributed by atoms with E-state index in [4.69, 9.17) is 4.74 Å². The van der Waals surface area contributed by atoms with E-state index in [0.717, 1.165) is 0 Å². The third-order valence-corrected chi connectivity index (χ3v) is 6.25. The van der Waals surface area contributed by atoms with Gasteiger partial charge in [0, 0.05) is 12.7 Å². The Labute approximate surface area is 217 Å². The topological polar surface area (TPSA) is 94.9 Å². The number of alkyl halides is 4. The molecule has 1 unspecified atom stereocenters. The predicted octanol–water partition coefficient (Wildman–Crippen LogP) is 3.23. The molecule has 2 aromatic heterocycles. The molecule has 3 aromatic rings. The molecular weight excluding hydrogens is 504 g/mol. The number of methoxy groups -OCH3 is 1. The molecule has 1 aliphatic rings. The van der Waals surface area contributed by atoms with Crippen molar-refractivity contribution in [3.63, 3.8) is 0 Å². The van der Waals surface area contributed by atoms with Gasteiger partial charge in [-0.15, -0.1) is 0 Å². The van der Waals surface area contributed by atoms with Crippen LogP contribution in [0.25, 0.3) is 5.65 Å². The standard InChI is InChI=1S/C26H30F4N6O2/c1-31-25(37)16-7-8-23(38-2)21(13-16)33-10-3-5-19-22(14-26(28,29)30)36-12-4-6-20(24(36)35-19)34-18-9-11-32-15-17(18)27/h4,6-8,12-13,17-18,25,31-34,37H,9-11,14-15H2,1-2H3/t17-,18+,25?/m0/s1. The monoisotopic (exact) mass is 534 g/mol. The Morgan fingerprint density at radius 1 is 1.29 bits per heavy atom. The van der Waals surface area contributed by atoms with Crippen LogP contribution >= 0.6 is 0 Å². The Bertz CT molecular complexity index is 1320. The molecule has 0 saturated carbocycles. The molecule has 0 bridgehead atoms. The smallest absolute Gasteiger partial charge is 0.394 e. The number of halogens is 4. The molecule has 38 heavy (non-hydrogen) atoms. The van der Waals surface area contributed by atoms with Crippen LogP contribution < -0.4 is 26.0 Å². The second kappa shape index (κ2) is 11.9. The lowest BCUT2D eigenvalue weighted by Crippen LogP contribution is -2.45. The molecule has 12 heteroatoms. The van der Waals surface area contributed by atoms with Crippen molar-refractivity contribution in [1.29, 1.82) is 0 Å². The number of nitrogens with zero attached hydrogens (tertiary/aromatic N) is 2. The van der Waals surface area contributed by atoms with Crippen LogP contribution in [0.3, 0.4) is 0 Å². The maximum Gasteiger partial charge on any atom is 0.394 e. The lowest BCUT2D eigenvalue weighted by molar-refractivity contribution is -0.128. The summed E-state index contributed by atoms with van der Waals surface area (Å²) in [6, 6.07) is 7.88. The summed E-state index contributed by atoms with van der Waals surface area (Å²) >= 11 is 0. The van der Waals surface area contributed by atoms with Crippen LogP contribution in [-0.2, 0) is 6.42 Å². The van der Waals surface area contributed by atoms with Crippen LogP contribution in [0.15, 0.2) is 36.5 Å². The zero-order chi connectivity index (χ0) is 27.3. The molecule has 0 spiro atoms. The zero-order valence-electron chi connectivity index (χ0n) is 21.0. The minimum absolute atomic E-state index is 0.00759. The van der Waals surface area contributed by atoms with Gasteiger partial charge in [-0.05, 0) is 55.8 Å². The molecule has 0 aliphatic carbocycles. The van der Waals surface area contributed by atoms with E-state index in [0.29, 0.717) is 35.7 Å². The van der Waals surface area contributed by atoms with Gasteiger partial charge in [-0.2, -0.15) is 13.2 Å². The van der Waals surface area contributed by atoms with Crippen LogP contribution in [0.2, 0.25) is 0 Å². The van der Waals surface area contributed by atoms with Crippen molar-refractivity contribution >= 4 is 17.0 Å². The Morgan fingerprint density at radius 2 is 2.11 bits per heavy atom. The van der Waals surface area contributed by atoms with E-state index >= 15 is 0 Å². The SMILES string of the molecule is CNC(O)c1ccc(OC)c(NCC#Cc2nc3c(N[C@@H]4CCNC[C@@H]4F)cccn3c2CC(F)(F)F)c1. The highest BCUT2D eigenvalue weighted by molar-refractivity contribution is 5.70. The molecule has 1 fully saturated rings. The quantitative estimate of drug-likeness (QED) is 0.172. The number of imidazole rings is 1. The number of ether oxygens (including phenoxy) is 1. The molecule has 8 nitrogen and oxygen atoms in total. The van der Waals surface area contributed by atoms with Crippen molar-refractivity contribution < 1.29 is 27.4 Å². The predicted molar refractivity (Wildman–Crippen MR) is 137 cm³/mol. The summed E-state index contributed by atoms with van der Waals surface area (Å²) in [5, 5.41) is 21.9. The third kappa shape index (κ3) is 6.48. The fourth-order valence-corrected chi connectivity index (χ4v) is 4.34. The fourth-order valence-electron chi connectivity index (χ4n) is 4.34. The van der Waals surface area contributed by atoms with Gasteiger partial charge in [0.1, 0.15) is 23.8 Å². The molecule has 1 aromatic carbocycles. The first-order chi connectivity index (χ1) is 18.2. The number of anilines is 2. The van der Waals surface area contributed by atoms with Gasteiger partial charge in [-0.1, -0.05) is 12.0 Å². The number of rotatable bonds is 8. The molecule has 0 radical (unpaired) electrons. The van der Waals surface area contributed by atoms with E-state index in [1.165, 1.54) is 17.7 Å². The highest BCUT2D eigenvalue weighted by Crippen LogP contribution is 2.29. The van der Waals surface area contributed by atoms with Crippen molar-refractivity contribution in [1.82, 2.24) is 20.0 Å². The Morgan fingerprint density at radius 3 is 2.82 bits per heavy atom.